The standard InChI is InChI=1S/C21H31F2N5O/c1-2-24-21(25-8-7-17-5-6-18(22)15-19(17)23)28-13-11-26(12-14-28)16-20(29)27-9-3-4-10-27/h5-6,15H,2-4,7-14,16H2,1H3,(H,24,25). The molecule has 0 atom stereocenters. The molecule has 6 nitrogen and oxygen atoms in total. The Balaban J connectivity index is 1.49. The van der Waals surface area contributed by atoms with Crippen LogP contribution in [0.1, 0.15) is 25.3 Å². The molecular weight excluding hydrogens is 376 g/mol. The van der Waals surface area contributed by atoms with Gasteiger partial charge in [0.15, 0.2) is 5.96 Å². The molecule has 160 valence electrons. The summed E-state index contributed by atoms with van der Waals surface area (Å²) in [5, 5.41) is 3.29. The van der Waals surface area contributed by atoms with E-state index in [0.717, 1.165) is 70.7 Å². The predicted octanol–water partition coefficient (Wildman–Crippen LogP) is 1.71. The van der Waals surface area contributed by atoms with E-state index in [4.69, 9.17) is 0 Å². The smallest absolute Gasteiger partial charge is 0.236 e. The molecule has 0 radical (unpaired) electrons. The minimum absolute atomic E-state index is 0.234. The summed E-state index contributed by atoms with van der Waals surface area (Å²) in [5.41, 5.74) is 0.469. The van der Waals surface area contributed by atoms with Gasteiger partial charge in [0.05, 0.1) is 6.54 Å². The van der Waals surface area contributed by atoms with Crippen molar-refractivity contribution in [3.05, 3.63) is 35.4 Å². The zero-order valence-corrected chi connectivity index (χ0v) is 17.2. The number of guanidine groups is 1. The van der Waals surface area contributed by atoms with E-state index < -0.39 is 11.6 Å². The summed E-state index contributed by atoms with van der Waals surface area (Å²) < 4.78 is 26.8. The number of nitrogens with one attached hydrogen (secondary N) is 1. The van der Waals surface area contributed by atoms with Crippen LogP contribution in [0.3, 0.4) is 0 Å². The molecule has 2 fully saturated rings. The summed E-state index contributed by atoms with van der Waals surface area (Å²) in [7, 11) is 0. The maximum absolute atomic E-state index is 13.8. The molecule has 1 aromatic carbocycles. The van der Waals surface area contributed by atoms with Gasteiger partial charge in [-0.1, -0.05) is 6.07 Å². The number of benzene rings is 1. The van der Waals surface area contributed by atoms with Crippen molar-refractivity contribution in [1.82, 2.24) is 20.0 Å². The second-order valence-corrected chi connectivity index (χ2v) is 7.57. The second kappa shape index (κ2) is 10.5. The van der Waals surface area contributed by atoms with Gasteiger partial charge in [-0.3, -0.25) is 14.7 Å². The number of carbonyl (C=O) groups excluding carboxylic acids is 1. The van der Waals surface area contributed by atoms with Gasteiger partial charge in [-0.25, -0.2) is 8.78 Å². The molecule has 1 amide bonds. The molecular formula is C21H31F2N5O. The SMILES string of the molecule is CCNC(=NCCc1ccc(F)cc1F)N1CCN(CC(=O)N2CCCC2)CC1. The van der Waals surface area contributed by atoms with Crippen molar-refractivity contribution in [2.45, 2.75) is 26.2 Å². The maximum atomic E-state index is 13.8. The number of hydrogen-bond donors (Lipinski definition) is 1. The first-order valence-electron chi connectivity index (χ1n) is 10.5. The third kappa shape index (κ3) is 6.13. The minimum Gasteiger partial charge on any atom is -0.357 e. The van der Waals surface area contributed by atoms with E-state index in [9.17, 15) is 13.6 Å². The summed E-state index contributed by atoms with van der Waals surface area (Å²) in [6.07, 6.45) is 2.65. The highest BCUT2D eigenvalue weighted by molar-refractivity contribution is 5.80. The van der Waals surface area contributed by atoms with Gasteiger partial charge >= 0.3 is 0 Å². The molecule has 2 aliphatic heterocycles. The number of likely N-dealkylation sites (tertiary alicyclic amines) is 1. The van der Waals surface area contributed by atoms with Crippen molar-refractivity contribution in [1.29, 1.82) is 0 Å². The van der Waals surface area contributed by atoms with Crippen molar-refractivity contribution in [2.24, 2.45) is 4.99 Å². The first-order valence-corrected chi connectivity index (χ1v) is 10.5. The molecule has 1 N–H and O–H groups in total. The lowest BCUT2D eigenvalue weighted by Crippen LogP contribution is -2.54. The van der Waals surface area contributed by atoms with Crippen molar-refractivity contribution in [2.75, 3.05) is 58.9 Å². The number of amides is 1. The van der Waals surface area contributed by atoms with Crippen LogP contribution in [0.4, 0.5) is 8.78 Å². The zero-order chi connectivity index (χ0) is 20.6. The van der Waals surface area contributed by atoms with Crippen molar-refractivity contribution >= 4 is 11.9 Å². The number of nitrogens with zero attached hydrogens (tertiary/aromatic N) is 4. The fourth-order valence-corrected chi connectivity index (χ4v) is 3.81. The van der Waals surface area contributed by atoms with Gasteiger partial charge in [0, 0.05) is 58.4 Å². The van der Waals surface area contributed by atoms with Crippen LogP contribution in [0.25, 0.3) is 0 Å². The Morgan fingerprint density at radius 2 is 1.79 bits per heavy atom. The van der Waals surface area contributed by atoms with E-state index in [-0.39, 0.29) is 5.91 Å². The number of carbonyl (C=O) groups is 1. The third-order valence-corrected chi connectivity index (χ3v) is 5.48. The Labute approximate surface area is 171 Å². The van der Waals surface area contributed by atoms with Crippen molar-refractivity contribution in [3.63, 3.8) is 0 Å². The highest BCUT2D eigenvalue weighted by atomic mass is 19.1. The van der Waals surface area contributed by atoms with E-state index in [0.29, 0.717) is 25.1 Å². The van der Waals surface area contributed by atoms with Gasteiger partial charge in [-0.15, -0.1) is 0 Å². The van der Waals surface area contributed by atoms with Crippen LogP contribution in [0.15, 0.2) is 23.2 Å². The highest BCUT2D eigenvalue weighted by Gasteiger charge is 2.24. The Morgan fingerprint density at radius 3 is 2.45 bits per heavy atom. The lowest BCUT2D eigenvalue weighted by Gasteiger charge is -2.36. The van der Waals surface area contributed by atoms with Crippen LogP contribution in [-0.4, -0.2) is 85.5 Å². The van der Waals surface area contributed by atoms with Crippen molar-refractivity contribution in [3.8, 4) is 0 Å². The summed E-state index contributed by atoms with van der Waals surface area (Å²) in [6, 6.07) is 3.66. The second-order valence-electron chi connectivity index (χ2n) is 7.57. The Morgan fingerprint density at radius 1 is 1.07 bits per heavy atom. The third-order valence-electron chi connectivity index (χ3n) is 5.48. The number of aliphatic imine (C=N–C) groups is 1. The molecule has 0 bridgehead atoms. The average molecular weight is 408 g/mol. The normalized spacial score (nSPS) is 18.4. The van der Waals surface area contributed by atoms with Crippen LogP contribution < -0.4 is 5.32 Å². The lowest BCUT2D eigenvalue weighted by atomic mass is 10.1. The Hall–Kier alpha value is -2.22. The molecule has 2 heterocycles. The Kier molecular flexibility index (Phi) is 7.80. The zero-order valence-electron chi connectivity index (χ0n) is 17.2. The molecule has 2 aliphatic rings. The van der Waals surface area contributed by atoms with E-state index in [2.05, 4.69) is 20.1 Å². The van der Waals surface area contributed by atoms with Gasteiger partial charge in [-0.05, 0) is 37.8 Å². The van der Waals surface area contributed by atoms with Crippen LogP contribution in [0.2, 0.25) is 0 Å². The van der Waals surface area contributed by atoms with Gasteiger partial charge in [0.25, 0.3) is 0 Å². The Bertz CT molecular complexity index is 713. The van der Waals surface area contributed by atoms with E-state index in [1.165, 1.54) is 12.1 Å². The molecule has 3 rings (SSSR count). The first-order chi connectivity index (χ1) is 14.1. The maximum Gasteiger partial charge on any atom is 0.236 e. The van der Waals surface area contributed by atoms with Gasteiger partial charge in [-0.2, -0.15) is 0 Å². The van der Waals surface area contributed by atoms with Crippen LogP contribution in [-0.2, 0) is 11.2 Å². The molecule has 0 unspecified atom stereocenters. The molecule has 0 aromatic heterocycles. The number of hydrogen-bond acceptors (Lipinski definition) is 3. The molecule has 0 saturated carbocycles. The van der Waals surface area contributed by atoms with E-state index >= 15 is 0 Å². The monoisotopic (exact) mass is 407 g/mol. The molecule has 2 saturated heterocycles. The van der Waals surface area contributed by atoms with E-state index in [1.54, 1.807) is 0 Å². The molecule has 0 spiro atoms. The highest BCUT2D eigenvalue weighted by Crippen LogP contribution is 2.11. The van der Waals surface area contributed by atoms with Crippen LogP contribution in [0.5, 0.6) is 0 Å². The molecule has 8 heteroatoms. The topological polar surface area (TPSA) is 51.2 Å². The summed E-state index contributed by atoms with van der Waals surface area (Å²) >= 11 is 0. The summed E-state index contributed by atoms with van der Waals surface area (Å²) in [6.45, 7) is 8.69. The molecule has 1 aromatic rings. The fraction of sp³-hybridized carbons (Fsp3) is 0.619. The molecule has 0 aliphatic carbocycles. The van der Waals surface area contributed by atoms with Crippen LogP contribution >= 0.6 is 0 Å². The largest absolute Gasteiger partial charge is 0.357 e. The minimum atomic E-state index is -0.566. The number of rotatable bonds is 6. The predicted molar refractivity (Wildman–Crippen MR) is 110 cm³/mol. The number of piperazine rings is 1. The lowest BCUT2D eigenvalue weighted by molar-refractivity contribution is -0.131. The van der Waals surface area contributed by atoms with Gasteiger partial charge in [0.2, 0.25) is 5.91 Å². The summed E-state index contributed by atoms with van der Waals surface area (Å²) in [5.74, 6) is -0.0518. The first kappa shape index (κ1) is 21.5. The van der Waals surface area contributed by atoms with Crippen LogP contribution in [0, 0.1) is 11.6 Å². The fourth-order valence-electron chi connectivity index (χ4n) is 3.81. The van der Waals surface area contributed by atoms with E-state index in [1.807, 2.05) is 11.8 Å². The number of halogens is 2. The van der Waals surface area contributed by atoms with Gasteiger partial charge < -0.3 is 15.1 Å². The average Bonchev–Trinajstić information content (AvgIpc) is 3.25. The molecule has 29 heavy (non-hydrogen) atoms. The summed E-state index contributed by atoms with van der Waals surface area (Å²) in [4.78, 5) is 23.3. The van der Waals surface area contributed by atoms with Gasteiger partial charge in [0.1, 0.15) is 11.6 Å². The van der Waals surface area contributed by atoms with Crippen molar-refractivity contribution < 1.29 is 13.6 Å². The quantitative estimate of drug-likeness (QED) is 0.576.